The predicted octanol–water partition coefficient (Wildman–Crippen LogP) is 2.50. The van der Waals surface area contributed by atoms with Gasteiger partial charge in [0.05, 0.1) is 6.10 Å². The normalized spacial score (nSPS) is 20.7. The predicted molar refractivity (Wildman–Crippen MR) is 63.7 cm³/mol. The zero-order valence-corrected chi connectivity index (χ0v) is 9.91. The summed E-state index contributed by atoms with van der Waals surface area (Å²) >= 11 is 5.65. The van der Waals surface area contributed by atoms with E-state index in [1.165, 1.54) is 19.3 Å². The minimum Gasteiger partial charge on any atom is -0.378 e. The summed E-state index contributed by atoms with van der Waals surface area (Å²) in [6, 6.07) is 3.56. The maximum atomic E-state index is 5.65. The second-order valence-electron chi connectivity index (χ2n) is 3.95. The van der Waals surface area contributed by atoms with Gasteiger partial charge in [-0.25, -0.2) is 0 Å². The Labute approximate surface area is 100 Å². The number of aromatic nitrogens is 2. The molecule has 1 aliphatic rings. The van der Waals surface area contributed by atoms with Crippen molar-refractivity contribution in [3.8, 4) is 0 Å². The monoisotopic (exact) mass is 241 g/mol. The molecule has 0 radical (unpaired) electrons. The Morgan fingerprint density at radius 1 is 1.38 bits per heavy atom. The molecule has 0 saturated carbocycles. The Kier molecular flexibility index (Phi) is 4.36. The van der Waals surface area contributed by atoms with Crippen molar-refractivity contribution >= 4 is 17.4 Å². The highest BCUT2D eigenvalue weighted by molar-refractivity contribution is 6.29. The molecule has 1 atom stereocenters. The van der Waals surface area contributed by atoms with E-state index in [9.17, 15) is 0 Å². The third-order valence-electron chi connectivity index (χ3n) is 2.68. The third-order valence-corrected chi connectivity index (χ3v) is 2.88. The van der Waals surface area contributed by atoms with E-state index >= 15 is 0 Å². The average Bonchev–Trinajstić information content (AvgIpc) is 2.33. The lowest BCUT2D eigenvalue weighted by Gasteiger charge is -2.22. The van der Waals surface area contributed by atoms with Gasteiger partial charge in [-0.05, 0) is 37.8 Å². The van der Waals surface area contributed by atoms with Gasteiger partial charge in [0.15, 0.2) is 5.15 Å². The first kappa shape index (κ1) is 11.6. The molecular formula is C11H16ClN3O. The van der Waals surface area contributed by atoms with Crippen LogP contribution >= 0.6 is 11.6 Å². The van der Waals surface area contributed by atoms with Crippen molar-refractivity contribution in [3.63, 3.8) is 0 Å². The Balaban J connectivity index is 1.69. The van der Waals surface area contributed by atoms with Crippen LogP contribution in [0.4, 0.5) is 5.82 Å². The molecule has 0 amide bonds. The van der Waals surface area contributed by atoms with Crippen molar-refractivity contribution in [3.05, 3.63) is 17.3 Å². The summed E-state index contributed by atoms with van der Waals surface area (Å²) in [6.45, 7) is 1.77. The molecule has 1 fully saturated rings. The maximum Gasteiger partial charge on any atom is 0.151 e. The van der Waals surface area contributed by atoms with Gasteiger partial charge in [-0.1, -0.05) is 11.6 Å². The van der Waals surface area contributed by atoms with Crippen LogP contribution in [0.25, 0.3) is 0 Å². The van der Waals surface area contributed by atoms with Crippen LogP contribution in [0.15, 0.2) is 12.1 Å². The summed E-state index contributed by atoms with van der Waals surface area (Å²) < 4.78 is 5.64. The largest absolute Gasteiger partial charge is 0.378 e. The van der Waals surface area contributed by atoms with E-state index in [0.717, 1.165) is 25.4 Å². The molecule has 2 rings (SSSR count). The van der Waals surface area contributed by atoms with E-state index in [-0.39, 0.29) is 0 Å². The molecule has 0 aliphatic carbocycles. The van der Waals surface area contributed by atoms with Crippen LogP contribution in [0.5, 0.6) is 0 Å². The number of anilines is 1. The molecule has 0 spiro atoms. The van der Waals surface area contributed by atoms with Crippen molar-refractivity contribution in [2.75, 3.05) is 18.5 Å². The fraction of sp³-hybridized carbons (Fsp3) is 0.636. The van der Waals surface area contributed by atoms with E-state index in [0.29, 0.717) is 11.3 Å². The second-order valence-corrected chi connectivity index (χ2v) is 4.33. The van der Waals surface area contributed by atoms with Gasteiger partial charge in [-0.15, -0.1) is 10.2 Å². The van der Waals surface area contributed by atoms with Crippen LogP contribution in [-0.4, -0.2) is 29.5 Å². The van der Waals surface area contributed by atoms with Crippen molar-refractivity contribution in [1.82, 2.24) is 10.2 Å². The fourth-order valence-electron chi connectivity index (χ4n) is 1.81. The van der Waals surface area contributed by atoms with Gasteiger partial charge in [0.2, 0.25) is 0 Å². The van der Waals surface area contributed by atoms with Crippen LogP contribution in [0.2, 0.25) is 5.15 Å². The van der Waals surface area contributed by atoms with Crippen LogP contribution in [0.1, 0.15) is 25.7 Å². The van der Waals surface area contributed by atoms with Gasteiger partial charge in [0, 0.05) is 13.2 Å². The first-order chi connectivity index (χ1) is 7.84. The van der Waals surface area contributed by atoms with E-state index in [1.807, 2.05) is 6.07 Å². The minimum absolute atomic E-state index is 0.404. The molecule has 4 nitrogen and oxygen atoms in total. The molecule has 1 aromatic heterocycles. The Bertz CT molecular complexity index is 312. The van der Waals surface area contributed by atoms with Gasteiger partial charge >= 0.3 is 0 Å². The highest BCUT2D eigenvalue weighted by Gasteiger charge is 2.12. The first-order valence-corrected chi connectivity index (χ1v) is 6.07. The van der Waals surface area contributed by atoms with Crippen molar-refractivity contribution in [2.45, 2.75) is 31.8 Å². The zero-order chi connectivity index (χ0) is 11.2. The van der Waals surface area contributed by atoms with Gasteiger partial charge in [0.25, 0.3) is 0 Å². The summed E-state index contributed by atoms with van der Waals surface area (Å²) in [6.07, 6.45) is 5.08. The van der Waals surface area contributed by atoms with E-state index < -0.39 is 0 Å². The number of hydrogen-bond acceptors (Lipinski definition) is 4. The van der Waals surface area contributed by atoms with Crippen LogP contribution in [-0.2, 0) is 4.74 Å². The maximum absolute atomic E-state index is 5.65. The fourth-order valence-corrected chi connectivity index (χ4v) is 1.91. The summed E-state index contributed by atoms with van der Waals surface area (Å²) in [5.41, 5.74) is 0. The van der Waals surface area contributed by atoms with E-state index in [1.54, 1.807) is 6.07 Å². The first-order valence-electron chi connectivity index (χ1n) is 5.69. The molecule has 0 bridgehead atoms. The summed E-state index contributed by atoms with van der Waals surface area (Å²) in [7, 11) is 0. The minimum atomic E-state index is 0.404. The topological polar surface area (TPSA) is 47.0 Å². The van der Waals surface area contributed by atoms with E-state index in [4.69, 9.17) is 16.3 Å². The van der Waals surface area contributed by atoms with Crippen molar-refractivity contribution < 1.29 is 4.74 Å². The lowest BCUT2D eigenvalue weighted by atomic mass is 10.1. The van der Waals surface area contributed by atoms with Gasteiger partial charge < -0.3 is 10.1 Å². The van der Waals surface area contributed by atoms with Gasteiger partial charge in [0.1, 0.15) is 5.82 Å². The Hall–Kier alpha value is -0.870. The standard InChI is InChI=1S/C11H16ClN3O/c12-10-4-5-11(15-14-10)13-7-6-9-3-1-2-8-16-9/h4-5,9H,1-3,6-8H2,(H,13,15). The number of halogens is 1. The number of ether oxygens (including phenoxy) is 1. The highest BCUT2D eigenvalue weighted by Crippen LogP contribution is 2.15. The van der Waals surface area contributed by atoms with Crippen LogP contribution in [0.3, 0.4) is 0 Å². The molecule has 1 aliphatic heterocycles. The molecule has 1 N–H and O–H groups in total. The number of rotatable bonds is 4. The van der Waals surface area contributed by atoms with Gasteiger partial charge in [-0.2, -0.15) is 0 Å². The lowest BCUT2D eigenvalue weighted by molar-refractivity contribution is 0.0134. The highest BCUT2D eigenvalue weighted by atomic mass is 35.5. The summed E-state index contributed by atoms with van der Waals surface area (Å²) in [4.78, 5) is 0. The van der Waals surface area contributed by atoms with Crippen LogP contribution < -0.4 is 5.32 Å². The molecule has 1 saturated heterocycles. The van der Waals surface area contributed by atoms with E-state index in [2.05, 4.69) is 15.5 Å². The molecule has 5 heteroatoms. The molecule has 0 aromatic carbocycles. The number of hydrogen-bond donors (Lipinski definition) is 1. The lowest BCUT2D eigenvalue weighted by Crippen LogP contribution is -2.22. The molecular weight excluding hydrogens is 226 g/mol. The van der Waals surface area contributed by atoms with Crippen molar-refractivity contribution in [1.29, 1.82) is 0 Å². The smallest absolute Gasteiger partial charge is 0.151 e. The van der Waals surface area contributed by atoms with Crippen molar-refractivity contribution in [2.24, 2.45) is 0 Å². The Morgan fingerprint density at radius 2 is 2.31 bits per heavy atom. The molecule has 88 valence electrons. The summed E-state index contributed by atoms with van der Waals surface area (Å²) in [5, 5.41) is 11.3. The molecule has 1 aromatic rings. The number of nitrogens with one attached hydrogen (secondary N) is 1. The summed E-state index contributed by atoms with van der Waals surface area (Å²) in [5.74, 6) is 0.764. The SMILES string of the molecule is Clc1ccc(NCCC2CCCCO2)nn1. The van der Waals surface area contributed by atoms with Gasteiger partial charge in [-0.3, -0.25) is 0 Å². The second kappa shape index (κ2) is 6.01. The molecule has 16 heavy (non-hydrogen) atoms. The number of nitrogens with zero attached hydrogens (tertiary/aromatic N) is 2. The molecule has 2 heterocycles. The molecule has 1 unspecified atom stereocenters. The average molecular weight is 242 g/mol. The zero-order valence-electron chi connectivity index (χ0n) is 9.16. The Morgan fingerprint density at radius 3 is 3.00 bits per heavy atom. The third kappa shape index (κ3) is 3.61. The quantitative estimate of drug-likeness (QED) is 0.880. The van der Waals surface area contributed by atoms with Crippen LogP contribution in [0, 0.1) is 0 Å².